The highest BCUT2D eigenvalue weighted by Crippen LogP contribution is 2.11. The van der Waals surface area contributed by atoms with Gasteiger partial charge < -0.3 is 15.0 Å². The molecule has 1 rings (SSSR count). The fraction of sp³-hybridized carbons (Fsp3) is 0.571. The summed E-state index contributed by atoms with van der Waals surface area (Å²) in [6, 6.07) is 8.54. The summed E-state index contributed by atoms with van der Waals surface area (Å²) >= 11 is 0. The van der Waals surface area contributed by atoms with Crippen molar-refractivity contribution < 1.29 is 4.74 Å². The Morgan fingerprint density at radius 1 is 1.24 bits per heavy atom. The summed E-state index contributed by atoms with van der Waals surface area (Å²) in [5.41, 5.74) is 1.26. The van der Waals surface area contributed by atoms with Crippen molar-refractivity contribution in [2.75, 3.05) is 33.8 Å². The lowest BCUT2D eigenvalue weighted by Crippen LogP contribution is -2.36. The molecule has 1 aromatic rings. The van der Waals surface area contributed by atoms with Crippen LogP contribution in [0.15, 0.2) is 24.3 Å². The van der Waals surface area contributed by atoms with Gasteiger partial charge >= 0.3 is 0 Å². The van der Waals surface area contributed by atoms with E-state index >= 15 is 0 Å². The van der Waals surface area contributed by atoms with E-state index < -0.39 is 0 Å². The van der Waals surface area contributed by atoms with E-state index in [1.165, 1.54) is 5.56 Å². The van der Waals surface area contributed by atoms with E-state index in [9.17, 15) is 0 Å². The molecule has 3 heteroatoms. The van der Waals surface area contributed by atoms with Gasteiger partial charge in [0.05, 0.1) is 0 Å². The number of aryl methyl sites for hydroxylation is 1. The van der Waals surface area contributed by atoms with Crippen molar-refractivity contribution in [1.29, 1.82) is 0 Å². The first-order chi connectivity index (χ1) is 8.08. The van der Waals surface area contributed by atoms with Gasteiger partial charge in [-0.1, -0.05) is 17.7 Å². The summed E-state index contributed by atoms with van der Waals surface area (Å²) in [5, 5.41) is 3.43. The van der Waals surface area contributed by atoms with E-state index in [2.05, 4.69) is 50.3 Å². The molecule has 1 aromatic carbocycles. The minimum Gasteiger partial charge on any atom is -0.492 e. The zero-order chi connectivity index (χ0) is 12.7. The van der Waals surface area contributed by atoms with Crippen molar-refractivity contribution >= 4 is 0 Å². The molecule has 96 valence electrons. The quantitative estimate of drug-likeness (QED) is 0.782. The smallest absolute Gasteiger partial charge is 0.119 e. The zero-order valence-electron chi connectivity index (χ0n) is 11.4. The maximum Gasteiger partial charge on any atom is 0.119 e. The van der Waals surface area contributed by atoms with Gasteiger partial charge in [-0.3, -0.25) is 0 Å². The van der Waals surface area contributed by atoms with E-state index in [-0.39, 0.29) is 0 Å². The molecule has 0 bridgehead atoms. The van der Waals surface area contributed by atoms with Crippen LogP contribution in [0.25, 0.3) is 0 Å². The Hall–Kier alpha value is -1.06. The summed E-state index contributed by atoms with van der Waals surface area (Å²) in [4.78, 5) is 2.17. The molecule has 0 heterocycles. The lowest BCUT2D eigenvalue weighted by atomic mass is 10.2. The van der Waals surface area contributed by atoms with E-state index in [0.29, 0.717) is 12.6 Å². The third kappa shape index (κ3) is 6.29. The number of nitrogens with one attached hydrogen (secondary N) is 1. The monoisotopic (exact) mass is 236 g/mol. The summed E-state index contributed by atoms with van der Waals surface area (Å²) in [6.07, 6.45) is 0. The summed E-state index contributed by atoms with van der Waals surface area (Å²) in [6.45, 7) is 6.97. The number of benzene rings is 1. The molecule has 17 heavy (non-hydrogen) atoms. The van der Waals surface area contributed by atoms with Gasteiger partial charge in [0.15, 0.2) is 0 Å². The molecular weight excluding hydrogens is 212 g/mol. The molecule has 0 aliphatic heterocycles. The van der Waals surface area contributed by atoms with E-state index in [1.807, 2.05) is 12.1 Å². The Labute approximate surface area is 105 Å². The van der Waals surface area contributed by atoms with Crippen LogP contribution in [-0.4, -0.2) is 44.7 Å². The average Bonchev–Trinajstić information content (AvgIpc) is 2.28. The molecule has 1 N–H and O–H groups in total. The number of ether oxygens (including phenoxy) is 1. The molecule has 1 unspecified atom stereocenters. The van der Waals surface area contributed by atoms with Crippen molar-refractivity contribution in [3.05, 3.63) is 29.8 Å². The number of hydrogen-bond donors (Lipinski definition) is 1. The third-order valence-corrected chi connectivity index (χ3v) is 2.57. The van der Waals surface area contributed by atoms with Crippen LogP contribution in [0.2, 0.25) is 0 Å². The fourth-order valence-corrected chi connectivity index (χ4v) is 1.45. The normalized spacial score (nSPS) is 12.8. The summed E-state index contributed by atoms with van der Waals surface area (Å²) in [5.74, 6) is 0.942. The first-order valence-corrected chi connectivity index (χ1v) is 6.15. The molecule has 0 aliphatic rings. The second-order valence-electron chi connectivity index (χ2n) is 4.78. The van der Waals surface area contributed by atoms with Crippen molar-refractivity contribution in [3.8, 4) is 5.75 Å². The molecule has 0 spiro atoms. The van der Waals surface area contributed by atoms with E-state index in [0.717, 1.165) is 18.8 Å². The van der Waals surface area contributed by atoms with Gasteiger partial charge in [0.1, 0.15) is 12.4 Å². The van der Waals surface area contributed by atoms with Crippen LogP contribution in [-0.2, 0) is 0 Å². The third-order valence-electron chi connectivity index (χ3n) is 2.57. The van der Waals surface area contributed by atoms with Gasteiger partial charge in [-0.2, -0.15) is 0 Å². The molecule has 1 atom stereocenters. The maximum atomic E-state index is 5.70. The van der Waals surface area contributed by atoms with Crippen LogP contribution in [0.4, 0.5) is 0 Å². The molecule has 0 radical (unpaired) electrons. The Balaban J connectivity index is 2.19. The van der Waals surface area contributed by atoms with Gasteiger partial charge in [-0.05, 0) is 40.1 Å². The first-order valence-electron chi connectivity index (χ1n) is 6.15. The van der Waals surface area contributed by atoms with Gasteiger partial charge in [0.2, 0.25) is 0 Å². The predicted octanol–water partition coefficient (Wildman–Crippen LogP) is 1.91. The Morgan fingerprint density at radius 2 is 1.88 bits per heavy atom. The largest absolute Gasteiger partial charge is 0.492 e. The van der Waals surface area contributed by atoms with Crippen molar-refractivity contribution in [3.63, 3.8) is 0 Å². The summed E-state index contributed by atoms with van der Waals surface area (Å²) in [7, 11) is 4.16. The van der Waals surface area contributed by atoms with Crippen molar-refractivity contribution in [2.24, 2.45) is 0 Å². The molecular formula is C14H24N2O. The standard InChI is InChI=1S/C14H24N2O/c1-12-5-7-14(8-6-12)17-11-13(2)15-9-10-16(3)4/h5-8,13,15H,9-11H2,1-4H3. The molecule has 0 amide bonds. The van der Waals surface area contributed by atoms with E-state index in [4.69, 9.17) is 4.74 Å². The van der Waals surface area contributed by atoms with Crippen LogP contribution in [0.5, 0.6) is 5.75 Å². The molecule has 0 saturated heterocycles. The van der Waals surface area contributed by atoms with Gasteiger partial charge in [0, 0.05) is 19.1 Å². The van der Waals surface area contributed by atoms with Crippen LogP contribution in [0.3, 0.4) is 0 Å². The highest BCUT2D eigenvalue weighted by molar-refractivity contribution is 5.26. The average molecular weight is 236 g/mol. The Morgan fingerprint density at radius 3 is 2.47 bits per heavy atom. The second-order valence-corrected chi connectivity index (χ2v) is 4.78. The van der Waals surface area contributed by atoms with Crippen LogP contribution < -0.4 is 10.1 Å². The molecule has 0 fully saturated rings. The summed E-state index contributed by atoms with van der Waals surface area (Å²) < 4.78 is 5.70. The highest BCUT2D eigenvalue weighted by Gasteiger charge is 2.02. The first kappa shape index (κ1) is 14.0. The molecule has 0 aliphatic carbocycles. The highest BCUT2D eigenvalue weighted by atomic mass is 16.5. The minimum absolute atomic E-state index is 0.372. The Kier molecular flexibility index (Phi) is 6.01. The Bertz CT molecular complexity index is 309. The van der Waals surface area contributed by atoms with E-state index in [1.54, 1.807) is 0 Å². The molecule has 3 nitrogen and oxygen atoms in total. The number of hydrogen-bond acceptors (Lipinski definition) is 3. The van der Waals surface area contributed by atoms with Crippen LogP contribution >= 0.6 is 0 Å². The van der Waals surface area contributed by atoms with Gasteiger partial charge in [0.25, 0.3) is 0 Å². The number of nitrogens with zero attached hydrogens (tertiary/aromatic N) is 1. The van der Waals surface area contributed by atoms with Gasteiger partial charge in [-0.15, -0.1) is 0 Å². The lowest BCUT2D eigenvalue weighted by molar-refractivity contribution is 0.268. The zero-order valence-corrected chi connectivity index (χ0v) is 11.4. The van der Waals surface area contributed by atoms with Gasteiger partial charge in [-0.25, -0.2) is 0 Å². The number of likely N-dealkylation sites (N-methyl/N-ethyl adjacent to an activating group) is 1. The molecule has 0 aromatic heterocycles. The SMILES string of the molecule is Cc1ccc(OCC(C)NCCN(C)C)cc1. The number of rotatable bonds is 7. The molecule has 0 saturated carbocycles. The predicted molar refractivity (Wildman–Crippen MR) is 72.7 cm³/mol. The second kappa shape index (κ2) is 7.30. The minimum atomic E-state index is 0.372. The van der Waals surface area contributed by atoms with Crippen molar-refractivity contribution in [1.82, 2.24) is 10.2 Å². The van der Waals surface area contributed by atoms with Crippen LogP contribution in [0.1, 0.15) is 12.5 Å². The van der Waals surface area contributed by atoms with Crippen LogP contribution in [0, 0.1) is 6.92 Å². The van der Waals surface area contributed by atoms with Crippen molar-refractivity contribution in [2.45, 2.75) is 19.9 Å². The maximum absolute atomic E-state index is 5.70. The topological polar surface area (TPSA) is 24.5 Å². The fourth-order valence-electron chi connectivity index (χ4n) is 1.45. The lowest BCUT2D eigenvalue weighted by Gasteiger charge is -2.16.